The van der Waals surface area contributed by atoms with E-state index in [0.29, 0.717) is 12.1 Å². The largest absolute Gasteiger partial charge is 0.350 e. The second kappa shape index (κ2) is 9.50. The summed E-state index contributed by atoms with van der Waals surface area (Å²) in [6, 6.07) is 22.6. The maximum absolute atomic E-state index is 12.6. The Hall–Kier alpha value is -3.18. The average Bonchev–Trinajstić information content (AvgIpc) is 3.22. The van der Waals surface area contributed by atoms with Gasteiger partial charge in [-0.15, -0.1) is 11.3 Å². The molecule has 0 radical (unpaired) electrons. The molecule has 0 unspecified atom stereocenters. The number of hydrogen-bond donors (Lipinski definition) is 2. The highest BCUT2D eigenvalue weighted by atomic mass is 32.1. The Morgan fingerprint density at radius 3 is 2.26 bits per heavy atom. The molecule has 3 aromatic rings. The van der Waals surface area contributed by atoms with E-state index in [2.05, 4.69) is 10.6 Å². The predicted octanol–water partition coefficient (Wildman–Crippen LogP) is 3.88. The van der Waals surface area contributed by atoms with Crippen molar-refractivity contribution in [3.63, 3.8) is 0 Å². The van der Waals surface area contributed by atoms with Gasteiger partial charge in [-0.1, -0.05) is 54.6 Å². The summed E-state index contributed by atoms with van der Waals surface area (Å²) < 4.78 is 0. The number of benzene rings is 2. The van der Waals surface area contributed by atoms with E-state index in [9.17, 15) is 9.59 Å². The van der Waals surface area contributed by atoms with Crippen LogP contribution in [0.1, 0.15) is 20.8 Å². The van der Waals surface area contributed by atoms with E-state index in [-0.39, 0.29) is 17.5 Å². The maximum Gasteiger partial charge on any atom is 0.267 e. The molecule has 2 amide bonds. The summed E-state index contributed by atoms with van der Waals surface area (Å²) in [4.78, 5) is 26.0. The van der Waals surface area contributed by atoms with Crippen LogP contribution in [0.2, 0.25) is 0 Å². The molecule has 1 heterocycles. The lowest BCUT2D eigenvalue weighted by Crippen LogP contribution is -2.35. The number of carbonyl (C=O) groups is 2. The number of carbonyl (C=O) groups excluding carboxylic acids is 2. The molecule has 1 aromatic heterocycles. The van der Waals surface area contributed by atoms with Crippen LogP contribution in [-0.4, -0.2) is 18.4 Å². The zero-order valence-electron chi connectivity index (χ0n) is 14.7. The lowest BCUT2D eigenvalue weighted by atomic mass is 10.1. The van der Waals surface area contributed by atoms with E-state index < -0.39 is 0 Å². The van der Waals surface area contributed by atoms with Crippen molar-refractivity contribution in [2.45, 2.75) is 6.42 Å². The molecule has 2 N–H and O–H groups in total. The third-order valence-corrected chi connectivity index (χ3v) is 4.72. The van der Waals surface area contributed by atoms with Crippen molar-refractivity contribution in [1.82, 2.24) is 10.6 Å². The van der Waals surface area contributed by atoms with E-state index >= 15 is 0 Å². The Morgan fingerprint density at radius 2 is 1.59 bits per heavy atom. The normalized spacial score (nSPS) is 11.0. The maximum atomic E-state index is 12.6. The quantitative estimate of drug-likeness (QED) is 0.615. The highest BCUT2D eigenvalue weighted by Crippen LogP contribution is 2.13. The number of amides is 2. The molecule has 0 fully saturated rings. The fourth-order valence-corrected chi connectivity index (χ4v) is 3.18. The predicted molar refractivity (Wildman–Crippen MR) is 109 cm³/mol. The van der Waals surface area contributed by atoms with Gasteiger partial charge in [-0.25, -0.2) is 0 Å². The smallest absolute Gasteiger partial charge is 0.267 e. The fourth-order valence-electron chi connectivity index (χ4n) is 2.52. The fraction of sp³-hybridized carbons (Fsp3) is 0.0909. The topological polar surface area (TPSA) is 58.2 Å². The van der Waals surface area contributed by atoms with Crippen LogP contribution >= 0.6 is 11.3 Å². The Bertz CT molecular complexity index is 904. The second-order valence-corrected chi connectivity index (χ2v) is 6.86. The summed E-state index contributed by atoms with van der Waals surface area (Å²) in [5.41, 5.74) is 1.89. The molecule has 4 nitrogen and oxygen atoms in total. The van der Waals surface area contributed by atoms with Crippen LogP contribution in [0.4, 0.5) is 0 Å². The first kappa shape index (κ1) is 18.6. The van der Waals surface area contributed by atoms with E-state index in [1.54, 1.807) is 30.3 Å². The molecule has 5 heteroatoms. The van der Waals surface area contributed by atoms with Crippen molar-refractivity contribution in [2.24, 2.45) is 0 Å². The Balaban J connectivity index is 1.68. The zero-order valence-corrected chi connectivity index (χ0v) is 15.5. The monoisotopic (exact) mass is 376 g/mol. The van der Waals surface area contributed by atoms with Gasteiger partial charge in [-0.05, 0) is 41.6 Å². The van der Waals surface area contributed by atoms with Crippen LogP contribution in [0, 0.1) is 0 Å². The van der Waals surface area contributed by atoms with Gasteiger partial charge in [0.1, 0.15) is 5.70 Å². The van der Waals surface area contributed by atoms with Gasteiger partial charge in [0.25, 0.3) is 11.8 Å². The summed E-state index contributed by atoms with van der Waals surface area (Å²) in [5.74, 6) is -0.611. The van der Waals surface area contributed by atoms with Crippen LogP contribution in [0.15, 0.2) is 83.9 Å². The molecule has 136 valence electrons. The van der Waals surface area contributed by atoms with Crippen LogP contribution in [0.25, 0.3) is 6.08 Å². The van der Waals surface area contributed by atoms with Crippen molar-refractivity contribution >= 4 is 29.2 Å². The van der Waals surface area contributed by atoms with Crippen molar-refractivity contribution < 1.29 is 9.59 Å². The Kier molecular flexibility index (Phi) is 6.55. The molecule has 0 aliphatic carbocycles. The van der Waals surface area contributed by atoms with Crippen LogP contribution < -0.4 is 10.6 Å². The van der Waals surface area contributed by atoms with Crippen LogP contribution in [0.5, 0.6) is 0 Å². The molecular weight excluding hydrogens is 356 g/mol. The molecule has 0 saturated carbocycles. The van der Waals surface area contributed by atoms with Gasteiger partial charge in [0, 0.05) is 17.0 Å². The van der Waals surface area contributed by atoms with Gasteiger partial charge < -0.3 is 10.6 Å². The van der Waals surface area contributed by atoms with Gasteiger partial charge >= 0.3 is 0 Å². The van der Waals surface area contributed by atoms with Gasteiger partial charge in [0.2, 0.25) is 0 Å². The number of thiophene rings is 1. The first-order valence-corrected chi connectivity index (χ1v) is 9.54. The highest BCUT2D eigenvalue weighted by molar-refractivity contribution is 7.10. The zero-order chi connectivity index (χ0) is 18.9. The molecule has 0 bridgehead atoms. The second-order valence-electron chi connectivity index (χ2n) is 5.89. The SMILES string of the molecule is O=C(NCCc1ccccc1)/C(=C\c1cccs1)NC(=O)c1ccccc1. The number of nitrogens with one attached hydrogen (secondary N) is 2. The van der Waals surface area contributed by atoms with Gasteiger partial charge in [0.05, 0.1) is 0 Å². The third kappa shape index (κ3) is 5.66. The van der Waals surface area contributed by atoms with E-state index in [0.717, 1.165) is 16.9 Å². The van der Waals surface area contributed by atoms with Crippen molar-refractivity contribution in [2.75, 3.05) is 6.54 Å². The minimum atomic E-state index is -0.309. The van der Waals surface area contributed by atoms with Crippen molar-refractivity contribution in [3.8, 4) is 0 Å². The summed E-state index contributed by atoms with van der Waals surface area (Å²) in [6.45, 7) is 0.492. The minimum Gasteiger partial charge on any atom is -0.350 e. The summed E-state index contributed by atoms with van der Waals surface area (Å²) in [6.07, 6.45) is 2.43. The molecule has 3 rings (SSSR count). The Morgan fingerprint density at radius 1 is 0.889 bits per heavy atom. The van der Waals surface area contributed by atoms with E-state index in [1.165, 1.54) is 11.3 Å². The summed E-state index contributed by atoms with van der Waals surface area (Å²) >= 11 is 1.50. The molecule has 0 atom stereocenters. The Labute approximate surface area is 162 Å². The van der Waals surface area contributed by atoms with Crippen molar-refractivity contribution in [3.05, 3.63) is 99.9 Å². The van der Waals surface area contributed by atoms with Crippen molar-refractivity contribution in [1.29, 1.82) is 0 Å². The summed E-state index contributed by atoms with van der Waals surface area (Å²) in [5, 5.41) is 7.55. The van der Waals surface area contributed by atoms with Crippen LogP contribution in [0.3, 0.4) is 0 Å². The summed E-state index contributed by atoms with van der Waals surface area (Å²) in [7, 11) is 0. The van der Waals surface area contributed by atoms with Gasteiger partial charge in [-0.3, -0.25) is 9.59 Å². The van der Waals surface area contributed by atoms with Crippen LogP contribution in [-0.2, 0) is 11.2 Å². The van der Waals surface area contributed by atoms with Gasteiger partial charge in [-0.2, -0.15) is 0 Å². The first-order valence-electron chi connectivity index (χ1n) is 8.66. The minimum absolute atomic E-state index is 0.236. The molecule has 0 aliphatic rings. The first-order chi connectivity index (χ1) is 13.2. The average molecular weight is 376 g/mol. The molecule has 2 aromatic carbocycles. The molecular formula is C22H20N2O2S. The molecule has 0 spiro atoms. The lowest BCUT2D eigenvalue weighted by Gasteiger charge is -2.11. The van der Waals surface area contributed by atoms with E-state index in [4.69, 9.17) is 0 Å². The number of rotatable bonds is 7. The molecule has 27 heavy (non-hydrogen) atoms. The lowest BCUT2D eigenvalue weighted by molar-refractivity contribution is -0.117. The number of hydrogen-bond acceptors (Lipinski definition) is 3. The molecule has 0 aliphatic heterocycles. The van der Waals surface area contributed by atoms with Gasteiger partial charge in [0.15, 0.2) is 0 Å². The highest BCUT2D eigenvalue weighted by Gasteiger charge is 2.14. The third-order valence-electron chi connectivity index (χ3n) is 3.90. The standard InChI is InChI=1S/C22H20N2O2S/c25-21(18-10-5-2-6-11-18)24-20(16-19-12-7-15-27-19)22(26)23-14-13-17-8-3-1-4-9-17/h1-12,15-16H,13-14H2,(H,23,26)(H,24,25)/b20-16+. The van der Waals surface area contributed by atoms with E-state index in [1.807, 2.05) is 53.9 Å². The molecule has 0 saturated heterocycles.